The van der Waals surface area contributed by atoms with E-state index in [4.69, 9.17) is 14.2 Å². The first-order valence-electron chi connectivity index (χ1n) is 8.95. The van der Waals surface area contributed by atoms with Crippen molar-refractivity contribution in [1.29, 1.82) is 0 Å². The van der Waals surface area contributed by atoms with Gasteiger partial charge >= 0.3 is 0 Å². The van der Waals surface area contributed by atoms with Crippen LogP contribution in [0.15, 0.2) is 66.9 Å². The Bertz CT molecular complexity index is 1010. The highest BCUT2D eigenvalue weighted by Crippen LogP contribution is 2.28. The molecular formula is C23H22N2O4. The number of benzene rings is 2. The zero-order valence-corrected chi connectivity index (χ0v) is 16.5. The highest BCUT2D eigenvalue weighted by Gasteiger charge is 2.10. The fourth-order valence-electron chi connectivity index (χ4n) is 2.73. The van der Waals surface area contributed by atoms with Crippen molar-refractivity contribution in [3.05, 3.63) is 78.0 Å². The molecule has 1 aromatic heterocycles. The number of ketones is 1. The van der Waals surface area contributed by atoms with Crippen molar-refractivity contribution in [3.63, 3.8) is 0 Å². The number of aromatic nitrogens is 1. The summed E-state index contributed by atoms with van der Waals surface area (Å²) >= 11 is 0. The fraction of sp³-hybridized carbons (Fsp3) is 0.130. The quantitative estimate of drug-likeness (QED) is 0.442. The number of allylic oxidation sites excluding steroid dienone is 1. The van der Waals surface area contributed by atoms with Crippen molar-refractivity contribution in [1.82, 2.24) is 4.98 Å². The Hall–Kier alpha value is -3.80. The molecule has 0 saturated heterocycles. The molecule has 0 atom stereocenters. The van der Waals surface area contributed by atoms with E-state index in [0.29, 0.717) is 22.9 Å². The number of carbonyl (C=O) groups excluding carboxylic acids is 1. The molecule has 1 heterocycles. The van der Waals surface area contributed by atoms with Crippen molar-refractivity contribution in [2.45, 2.75) is 0 Å². The van der Waals surface area contributed by atoms with Crippen molar-refractivity contribution in [2.75, 3.05) is 26.6 Å². The molecule has 0 amide bonds. The van der Waals surface area contributed by atoms with Gasteiger partial charge in [-0.1, -0.05) is 12.1 Å². The Kier molecular flexibility index (Phi) is 6.47. The number of rotatable bonds is 8. The van der Waals surface area contributed by atoms with E-state index in [9.17, 15) is 4.79 Å². The second kappa shape index (κ2) is 9.41. The number of carbonyl (C=O) groups is 1. The van der Waals surface area contributed by atoms with E-state index in [-0.39, 0.29) is 5.78 Å². The lowest BCUT2D eigenvalue weighted by Crippen LogP contribution is -2.03. The topological polar surface area (TPSA) is 69.7 Å². The van der Waals surface area contributed by atoms with Crippen LogP contribution >= 0.6 is 0 Å². The molecule has 29 heavy (non-hydrogen) atoms. The van der Waals surface area contributed by atoms with Crippen LogP contribution in [0.1, 0.15) is 15.9 Å². The second-order valence-corrected chi connectivity index (χ2v) is 6.07. The zero-order valence-electron chi connectivity index (χ0n) is 16.5. The number of hydrogen-bond donors (Lipinski definition) is 1. The van der Waals surface area contributed by atoms with Gasteiger partial charge in [0, 0.05) is 11.9 Å². The summed E-state index contributed by atoms with van der Waals surface area (Å²) in [4.78, 5) is 17.1. The smallest absolute Gasteiger partial charge is 0.189 e. The van der Waals surface area contributed by atoms with Crippen molar-refractivity contribution in [2.24, 2.45) is 0 Å². The lowest BCUT2D eigenvalue weighted by molar-refractivity contribution is 0.104. The third-order valence-corrected chi connectivity index (χ3v) is 4.26. The molecule has 0 radical (unpaired) electrons. The minimum absolute atomic E-state index is 0.163. The van der Waals surface area contributed by atoms with Crippen molar-refractivity contribution < 1.29 is 19.0 Å². The average Bonchev–Trinajstić information content (AvgIpc) is 2.78. The van der Waals surface area contributed by atoms with Gasteiger partial charge in [0.2, 0.25) is 0 Å². The highest BCUT2D eigenvalue weighted by atomic mass is 16.5. The number of ether oxygens (including phenoxy) is 3. The molecule has 0 aliphatic heterocycles. The van der Waals surface area contributed by atoms with E-state index in [1.807, 2.05) is 36.4 Å². The first kappa shape index (κ1) is 19.9. The van der Waals surface area contributed by atoms with Crippen molar-refractivity contribution >= 4 is 23.4 Å². The predicted molar refractivity (Wildman–Crippen MR) is 113 cm³/mol. The Morgan fingerprint density at radius 3 is 2.38 bits per heavy atom. The van der Waals surface area contributed by atoms with Gasteiger partial charge in [0.15, 0.2) is 17.3 Å². The van der Waals surface area contributed by atoms with E-state index in [1.54, 1.807) is 51.8 Å². The fourth-order valence-corrected chi connectivity index (χ4v) is 2.73. The Balaban J connectivity index is 1.80. The molecule has 3 rings (SSSR count). The summed E-state index contributed by atoms with van der Waals surface area (Å²) in [6.45, 7) is 0. The van der Waals surface area contributed by atoms with Crippen LogP contribution in [0.5, 0.6) is 17.2 Å². The number of anilines is 2. The van der Waals surface area contributed by atoms with Gasteiger partial charge in [0.05, 0.1) is 26.9 Å². The number of nitrogens with zero attached hydrogens (tertiary/aromatic N) is 1. The lowest BCUT2D eigenvalue weighted by atomic mass is 10.1. The summed E-state index contributed by atoms with van der Waals surface area (Å²) in [7, 11) is 4.77. The van der Waals surface area contributed by atoms with Gasteiger partial charge in [0.25, 0.3) is 0 Å². The van der Waals surface area contributed by atoms with Gasteiger partial charge in [-0.3, -0.25) is 4.79 Å². The monoisotopic (exact) mass is 390 g/mol. The molecule has 0 fully saturated rings. The van der Waals surface area contributed by atoms with E-state index < -0.39 is 0 Å². The summed E-state index contributed by atoms with van der Waals surface area (Å²) in [6, 6.07) is 16.3. The van der Waals surface area contributed by atoms with E-state index in [0.717, 1.165) is 17.0 Å². The number of pyridine rings is 1. The van der Waals surface area contributed by atoms with Gasteiger partial charge in [-0.25, -0.2) is 4.98 Å². The van der Waals surface area contributed by atoms with Crippen LogP contribution in [0.4, 0.5) is 11.5 Å². The van der Waals surface area contributed by atoms with Crippen LogP contribution in [0.25, 0.3) is 6.08 Å². The number of hydrogen-bond acceptors (Lipinski definition) is 6. The predicted octanol–water partition coefficient (Wildman–Crippen LogP) is 4.75. The molecule has 6 nitrogen and oxygen atoms in total. The first-order chi connectivity index (χ1) is 14.1. The van der Waals surface area contributed by atoms with Crippen LogP contribution in [0, 0.1) is 0 Å². The van der Waals surface area contributed by atoms with E-state index in [2.05, 4.69) is 10.3 Å². The molecule has 0 saturated carbocycles. The molecular weight excluding hydrogens is 368 g/mol. The van der Waals surface area contributed by atoms with Gasteiger partial charge in [0.1, 0.15) is 11.6 Å². The van der Waals surface area contributed by atoms with Gasteiger partial charge < -0.3 is 19.5 Å². The lowest BCUT2D eigenvalue weighted by Gasteiger charge is -2.10. The van der Waals surface area contributed by atoms with Gasteiger partial charge in [-0.05, 0) is 60.2 Å². The molecule has 3 aromatic rings. The third-order valence-electron chi connectivity index (χ3n) is 4.26. The van der Waals surface area contributed by atoms with Crippen LogP contribution in [-0.2, 0) is 0 Å². The molecule has 0 aliphatic carbocycles. The average molecular weight is 390 g/mol. The molecule has 1 N–H and O–H groups in total. The molecule has 2 aromatic carbocycles. The summed E-state index contributed by atoms with van der Waals surface area (Å²) < 4.78 is 15.7. The summed E-state index contributed by atoms with van der Waals surface area (Å²) in [5, 5.41) is 3.18. The minimum Gasteiger partial charge on any atom is -0.497 e. The summed E-state index contributed by atoms with van der Waals surface area (Å²) in [6.07, 6.45) is 4.88. The maximum Gasteiger partial charge on any atom is 0.189 e. The Morgan fingerprint density at radius 1 is 0.931 bits per heavy atom. The maximum absolute atomic E-state index is 12.8. The molecule has 0 unspecified atom stereocenters. The highest BCUT2D eigenvalue weighted by molar-refractivity contribution is 6.10. The number of nitrogens with one attached hydrogen (secondary N) is 1. The second-order valence-electron chi connectivity index (χ2n) is 6.07. The maximum atomic E-state index is 12.8. The minimum atomic E-state index is -0.163. The molecule has 0 aliphatic rings. The van der Waals surface area contributed by atoms with Gasteiger partial charge in [-0.15, -0.1) is 0 Å². The molecule has 0 bridgehead atoms. The standard InChI is InChI=1S/C23H22N2O4/c1-27-18-10-8-17(9-11-18)25-23-19(5-4-14-24-23)20(26)12-6-16-7-13-21(28-2)22(15-16)29-3/h4-15H,1-3H3,(H,24,25)/b12-6+. The third kappa shape index (κ3) is 4.93. The summed E-state index contributed by atoms with van der Waals surface area (Å²) in [5.74, 6) is 2.31. The number of methoxy groups -OCH3 is 3. The van der Waals surface area contributed by atoms with E-state index >= 15 is 0 Å². The van der Waals surface area contributed by atoms with Crippen LogP contribution < -0.4 is 19.5 Å². The normalized spacial score (nSPS) is 10.6. The van der Waals surface area contributed by atoms with E-state index in [1.165, 1.54) is 6.08 Å². The summed E-state index contributed by atoms with van der Waals surface area (Å²) in [5.41, 5.74) is 2.10. The Labute approximate surface area is 169 Å². The zero-order chi connectivity index (χ0) is 20.6. The van der Waals surface area contributed by atoms with Crippen molar-refractivity contribution in [3.8, 4) is 17.2 Å². The molecule has 0 spiro atoms. The SMILES string of the molecule is COc1ccc(Nc2ncccc2C(=O)/C=C/c2ccc(OC)c(OC)c2)cc1. The van der Waals surface area contributed by atoms with Gasteiger partial charge in [-0.2, -0.15) is 0 Å². The van der Waals surface area contributed by atoms with Crippen LogP contribution in [-0.4, -0.2) is 32.1 Å². The molecule has 148 valence electrons. The largest absolute Gasteiger partial charge is 0.497 e. The first-order valence-corrected chi connectivity index (χ1v) is 8.95. The van der Waals surface area contributed by atoms with Crippen LogP contribution in [0.3, 0.4) is 0 Å². The molecule has 6 heteroatoms. The van der Waals surface area contributed by atoms with Crippen LogP contribution in [0.2, 0.25) is 0 Å². The Morgan fingerprint density at radius 2 is 1.69 bits per heavy atom.